The van der Waals surface area contributed by atoms with Crippen molar-refractivity contribution in [2.24, 2.45) is 0 Å². The van der Waals surface area contributed by atoms with Gasteiger partial charge in [-0.3, -0.25) is 9.59 Å². The second kappa shape index (κ2) is 19.4. The van der Waals surface area contributed by atoms with Gasteiger partial charge < -0.3 is 20.4 Å². The Morgan fingerprint density at radius 2 is 1.00 bits per heavy atom. The molecular weight excluding hydrogens is 216 g/mol. The van der Waals surface area contributed by atoms with Crippen molar-refractivity contribution in [1.29, 1.82) is 0 Å². The molecule has 6 nitrogen and oxygen atoms in total. The number of aliphatic hydroxyl groups is 2. The summed E-state index contributed by atoms with van der Waals surface area (Å²) in [6.45, 7) is 3.59. The molecule has 0 saturated heterocycles. The van der Waals surface area contributed by atoms with Crippen molar-refractivity contribution in [2.45, 2.75) is 39.5 Å². The summed E-state index contributed by atoms with van der Waals surface area (Å²) in [4.78, 5) is 18.7. The van der Waals surface area contributed by atoms with E-state index in [0.29, 0.717) is 0 Å². The number of unbranched alkanes of at least 4 members (excludes halogenated alkanes) is 1. The minimum atomic E-state index is -0.745. The number of carboxylic acid groups (broad SMARTS) is 2. The fourth-order valence-electron chi connectivity index (χ4n) is 0.224. The third-order valence-corrected chi connectivity index (χ3v) is 1.17. The van der Waals surface area contributed by atoms with Crippen LogP contribution in [0.1, 0.15) is 39.5 Å². The highest BCUT2D eigenvalue weighted by Gasteiger charge is 1.81. The maximum Gasteiger partial charge on any atom is 0.303 e. The van der Waals surface area contributed by atoms with Gasteiger partial charge in [0, 0.05) is 26.1 Å². The molecule has 98 valence electrons. The Hall–Kier alpha value is -1.14. The van der Waals surface area contributed by atoms with Crippen LogP contribution in [0, 0.1) is 0 Å². The average molecular weight is 238 g/mol. The van der Waals surface area contributed by atoms with Crippen LogP contribution in [0.3, 0.4) is 0 Å². The summed E-state index contributed by atoms with van der Waals surface area (Å²) < 4.78 is 0. The summed E-state index contributed by atoms with van der Waals surface area (Å²) >= 11 is 0. The second-order valence-corrected chi connectivity index (χ2v) is 2.65. The molecule has 6 heteroatoms. The monoisotopic (exact) mass is 238 g/mol. The molecule has 0 heterocycles. The molecule has 0 aromatic carbocycles. The van der Waals surface area contributed by atoms with Crippen LogP contribution in [0.2, 0.25) is 0 Å². The highest BCUT2D eigenvalue weighted by Crippen LogP contribution is 1.80. The van der Waals surface area contributed by atoms with Gasteiger partial charge in [-0.15, -0.1) is 0 Å². The van der Waals surface area contributed by atoms with Gasteiger partial charge in [-0.1, -0.05) is 13.8 Å². The van der Waals surface area contributed by atoms with Gasteiger partial charge >= 0.3 is 11.9 Å². The number of rotatable bonds is 5. The van der Waals surface area contributed by atoms with Crippen molar-refractivity contribution in [3.05, 3.63) is 0 Å². The summed E-state index contributed by atoms with van der Waals surface area (Å²) in [5, 5.41) is 31.6. The molecule has 16 heavy (non-hydrogen) atoms. The van der Waals surface area contributed by atoms with E-state index in [4.69, 9.17) is 20.4 Å². The zero-order valence-corrected chi connectivity index (χ0v) is 9.85. The van der Waals surface area contributed by atoms with Crippen LogP contribution in [-0.4, -0.2) is 45.6 Å². The van der Waals surface area contributed by atoms with Crippen LogP contribution in [0.4, 0.5) is 0 Å². The summed E-state index contributed by atoms with van der Waals surface area (Å²) in [7, 11) is 0. The highest BCUT2D eigenvalue weighted by atomic mass is 16.4. The van der Waals surface area contributed by atoms with E-state index < -0.39 is 11.9 Å². The SMILES string of the molecule is CCC(=O)O.CCC(=O)O.OCCCCO. The molecule has 0 saturated carbocycles. The fourth-order valence-corrected chi connectivity index (χ4v) is 0.224. The first-order chi connectivity index (χ1) is 7.45. The maximum absolute atomic E-state index is 9.37. The number of carboxylic acids is 2. The standard InChI is InChI=1S/C4H10O2.2C3H6O2/c5-3-1-2-4-6;2*1-2-3(4)5/h5-6H,1-4H2;2*2H2,1H3,(H,4,5). The first-order valence-corrected chi connectivity index (χ1v) is 5.11. The van der Waals surface area contributed by atoms with Crippen LogP contribution in [0.15, 0.2) is 0 Å². The highest BCUT2D eigenvalue weighted by molar-refractivity contribution is 5.66. The van der Waals surface area contributed by atoms with Gasteiger partial charge in [0.25, 0.3) is 0 Å². The largest absolute Gasteiger partial charge is 0.481 e. The molecule has 0 aromatic rings. The first kappa shape index (κ1) is 20.3. The van der Waals surface area contributed by atoms with Crippen LogP contribution in [-0.2, 0) is 9.59 Å². The lowest BCUT2D eigenvalue weighted by atomic mass is 10.3. The van der Waals surface area contributed by atoms with Gasteiger partial charge in [-0.05, 0) is 12.8 Å². The van der Waals surface area contributed by atoms with E-state index >= 15 is 0 Å². The van der Waals surface area contributed by atoms with E-state index in [-0.39, 0.29) is 26.1 Å². The maximum atomic E-state index is 9.37. The molecule has 0 amide bonds. The quantitative estimate of drug-likeness (QED) is 0.524. The van der Waals surface area contributed by atoms with Crippen molar-refractivity contribution < 1.29 is 30.0 Å². The van der Waals surface area contributed by atoms with Gasteiger partial charge in [0.1, 0.15) is 0 Å². The predicted octanol–water partition coefficient (Wildman–Crippen LogP) is 0.713. The van der Waals surface area contributed by atoms with E-state index in [1.54, 1.807) is 13.8 Å². The minimum Gasteiger partial charge on any atom is -0.481 e. The molecule has 0 aromatic heterocycles. The smallest absolute Gasteiger partial charge is 0.303 e. The average Bonchev–Trinajstić information content (AvgIpc) is 2.27. The Morgan fingerprint density at radius 1 is 0.812 bits per heavy atom. The molecule has 0 aliphatic rings. The molecule has 0 atom stereocenters. The molecule has 0 bridgehead atoms. The van der Waals surface area contributed by atoms with Gasteiger partial charge in [0.05, 0.1) is 0 Å². The van der Waals surface area contributed by atoms with Gasteiger partial charge in [-0.25, -0.2) is 0 Å². The van der Waals surface area contributed by atoms with Crippen LogP contribution in [0.5, 0.6) is 0 Å². The summed E-state index contributed by atoms with van der Waals surface area (Å²) in [6.07, 6.45) is 1.88. The summed E-state index contributed by atoms with van der Waals surface area (Å²) in [5.41, 5.74) is 0. The summed E-state index contributed by atoms with van der Waals surface area (Å²) in [6, 6.07) is 0. The molecule has 0 radical (unpaired) electrons. The van der Waals surface area contributed by atoms with E-state index in [1.807, 2.05) is 0 Å². The lowest BCUT2D eigenvalue weighted by Gasteiger charge is -1.85. The van der Waals surface area contributed by atoms with Crippen LogP contribution < -0.4 is 0 Å². The summed E-state index contributed by atoms with van der Waals surface area (Å²) in [5.74, 6) is -1.49. The molecule has 0 rings (SSSR count). The van der Waals surface area contributed by atoms with Crippen LogP contribution >= 0.6 is 0 Å². The lowest BCUT2D eigenvalue weighted by molar-refractivity contribution is -0.137. The molecule has 4 N–H and O–H groups in total. The topological polar surface area (TPSA) is 115 Å². The molecule has 0 unspecified atom stereocenters. The molecule has 0 fully saturated rings. The Bertz CT molecular complexity index is 139. The molecule has 0 aliphatic heterocycles. The van der Waals surface area contributed by atoms with Crippen molar-refractivity contribution >= 4 is 11.9 Å². The third kappa shape index (κ3) is 52.7. The Morgan fingerprint density at radius 3 is 1.06 bits per heavy atom. The number of carbonyl (C=O) groups is 2. The third-order valence-electron chi connectivity index (χ3n) is 1.17. The second-order valence-electron chi connectivity index (χ2n) is 2.65. The molecule has 0 aliphatic carbocycles. The van der Waals surface area contributed by atoms with E-state index in [9.17, 15) is 9.59 Å². The van der Waals surface area contributed by atoms with E-state index in [2.05, 4.69) is 0 Å². The van der Waals surface area contributed by atoms with Gasteiger partial charge in [-0.2, -0.15) is 0 Å². The van der Waals surface area contributed by atoms with Crippen molar-refractivity contribution in [2.75, 3.05) is 13.2 Å². The first-order valence-electron chi connectivity index (χ1n) is 5.11. The minimum absolute atomic E-state index is 0.195. The van der Waals surface area contributed by atoms with Crippen molar-refractivity contribution in [1.82, 2.24) is 0 Å². The number of hydrogen-bond acceptors (Lipinski definition) is 4. The zero-order chi connectivity index (χ0) is 13.4. The number of aliphatic carboxylic acids is 2. The van der Waals surface area contributed by atoms with Gasteiger partial charge in [0.2, 0.25) is 0 Å². The van der Waals surface area contributed by atoms with Crippen molar-refractivity contribution in [3.63, 3.8) is 0 Å². The molecular formula is C10H22O6. The lowest BCUT2D eigenvalue weighted by Crippen LogP contribution is -1.86. The fraction of sp³-hybridized carbons (Fsp3) is 0.800. The Kier molecular flexibility index (Phi) is 24.7. The van der Waals surface area contributed by atoms with Crippen LogP contribution in [0.25, 0.3) is 0 Å². The molecule has 0 spiro atoms. The zero-order valence-electron chi connectivity index (χ0n) is 9.85. The number of aliphatic hydroxyl groups excluding tert-OH is 2. The van der Waals surface area contributed by atoms with Gasteiger partial charge in [0.15, 0.2) is 0 Å². The Balaban J connectivity index is -0.000000160. The van der Waals surface area contributed by atoms with E-state index in [0.717, 1.165) is 12.8 Å². The normalized spacial score (nSPS) is 8.00. The van der Waals surface area contributed by atoms with Crippen molar-refractivity contribution in [3.8, 4) is 0 Å². The predicted molar refractivity (Wildman–Crippen MR) is 59.3 cm³/mol. The Labute approximate surface area is 95.5 Å². The van der Waals surface area contributed by atoms with E-state index in [1.165, 1.54) is 0 Å². The number of hydrogen-bond donors (Lipinski definition) is 4.